The fraction of sp³-hybridized carbons (Fsp3) is 0.417. The van der Waals surface area contributed by atoms with Crippen LogP contribution >= 0.6 is 0 Å². The van der Waals surface area contributed by atoms with Crippen LogP contribution in [-0.2, 0) is 9.53 Å². The van der Waals surface area contributed by atoms with Crippen LogP contribution in [0.5, 0.6) is 0 Å². The van der Waals surface area contributed by atoms with Crippen LogP contribution in [0.3, 0.4) is 0 Å². The quantitative estimate of drug-likeness (QED) is 0.576. The van der Waals surface area contributed by atoms with Crippen LogP contribution in [0.1, 0.15) is 35.5 Å². The van der Waals surface area contributed by atoms with Crippen molar-refractivity contribution >= 4 is 11.8 Å². The van der Waals surface area contributed by atoms with Crippen LogP contribution in [0.4, 0.5) is 0 Å². The molecule has 2 N–H and O–H groups in total. The summed E-state index contributed by atoms with van der Waals surface area (Å²) in [5.41, 5.74) is 0.602. The molecular weight excluding hydrogens is 238 g/mol. The fourth-order valence-electron chi connectivity index (χ4n) is 1.35. The van der Waals surface area contributed by atoms with E-state index in [2.05, 4.69) is 9.72 Å². The third kappa shape index (κ3) is 3.61. The first-order valence-corrected chi connectivity index (χ1v) is 5.35. The monoisotopic (exact) mass is 253 g/mol. The Labute approximate surface area is 104 Å². The number of ether oxygens (including phenoxy) is 1. The zero-order valence-corrected chi connectivity index (χ0v) is 10.2. The van der Waals surface area contributed by atoms with Gasteiger partial charge in [0.05, 0.1) is 25.3 Å². The number of pyridine rings is 1. The van der Waals surface area contributed by atoms with Gasteiger partial charge in [-0.05, 0) is 19.1 Å². The van der Waals surface area contributed by atoms with Gasteiger partial charge in [-0.1, -0.05) is 0 Å². The van der Waals surface area contributed by atoms with Crippen molar-refractivity contribution in [2.75, 3.05) is 7.11 Å². The van der Waals surface area contributed by atoms with E-state index in [0.29, 0.717) is 5.56 Å². The highest BCUT2D eigenvalue weighted by atomic mass is 16.5. The third-order valence-electron chi connectivity index (χ3n) is 2.46. The van der Waals surface area contributed by atoms with Gasteiger partial charge in [-0.3, -0.25) is 14.6 Å². The maximum Gasteiger partial charge on any atom is 0.308 e. The number of carbonyl (C=O) groups excluding carboxylic acids is 2. The van der Waals surface area contributed by atoms with Gasteiger partial charge in [-0.2, -0.15) is 0 Å². The zero-order valence-electron chi connectivity index (χ0n) is 10.2. The standard InChI is InChI=1S/C12H15NO5/c1-7(14)8-3-4-9(13-6-8)12(17)10(15)5-11(16)18-2/h3-4,6,10,12,15,17H,5H2,1-2H3. The van der Waals surface area contributed by atoms with Gasteiger partial charge in [-0.15, -0.1) is 0 Å². The summed E-state index contributed by atoms with van der Waals surface area (Å²) in [4.78, 5) is 25.8. The van der Waals surface area contributed by atoms with Gasteiger partial charge in [0.2, 0.25) is 0 Å². The normalized spacial score (nSPS) is 13.8. The molecule has 1 heterocycles. The number of aliphatic hydroxyl groups excluding tert-OH is 2. The Balaban J connectivity index is 2.74. The summed E-state index contributed by atoms with van der Waals surface area (Å²) in [5.74, 6) is -0.763. The molecule has 98 valence electrons. The predicted molar refractivity (Wildman–Crippen MR) is 61.8 cm³/mol. The molecule has 2 unspecified atom stereocenters. The topological polar surface area (TPSA) is 96.7 Å². The summed E-state index contributed by atoms with van der Waals surface area (Å²) in [5, 5.41) is 19.4. The van der Waals surface area contributed by atoms with Crippen molar-refractivity contribution in [3.63, 3.8) is 0 Å². The number of aliphatic hydroxyl groups is 2. The van der Waals surface area contributed by atoms with Gasteiger partial charge >= 0.3 is 5.97 Å². The molecule has 0 amide bonds. The second kappa shape index (κ2) is 6.23. The van der Waals surface area contributed by atoms with E-state index in [0.717, 1.165) is 0 Å². The minimum atomic E-state index is -1.30. The molecule has 6 nitrogen and oxygen atoms in total. The molecular formula is C12H15NO5. The first kappa shape index (κ1) is 14.3. The lowest BCUT2D eigenvalue weighted by atomic mass is 10.1. The van der Waals surface area contributed by atoms with Crippen molar-refractivity contribution in [2.24, 2.45) is 0 Å². The van der Waals surface area contributed by atoms with Crippen LogP contribution in [0, 0.1) is 0 Å². The van der Waals surface area contributed by atoms with E-state index < -0.39 is 18.2 Å². The van der Waals surface area contributed by atoms with Crippen molar-refractivity contribution in [3.8, 4) is 0 Å². The number of rotatable bonds is 5. The lowest BCUT2D eigenvalue weighted by Crippen LogP contribution is -2.23. The number of methoxy groups -OCH3 is 1. The second-order valence-electron chi connectivity index (χ2n) is 3.82. The van der Waals surface area contributed by atoms with Crippen molar-refractivity contribution in [1.82, 2.24) is 4.98 Å². The third-order valence-corrected chi connectivity index (χ3v) is 2.46. The Bertz CT molecular complexity index is 429. The Morgan fingerprint density at radius 2 is 2.06 bits per heavy atom. The van der Waals surface area contributed by atoms with E-state index >= 15 is 0 Å². The lowest BCUT2D eigenvalue weighted by Gasteiger charge is -2.16. The van der Waals surface area contributed by atoms with Crippen molar-refractivity contribution < 1.29 is 24.5 Å². The molecule has 0 aliphatic heterocycles. The van der Waals surface area contributed by atoms with E-state index in [1.54, 1.807) is 0 Å². The Kier molecular flexibility index (Phi) is 4.94. The van der Waals surface area contributed by atoms with Gasteiger partial charge < -0.3 is 14.9 Å². The number of ketones is 1. The predicted octanol–water partition coefficient (Wildman–Crippen LogP) is 0.242. The van der Waals surface area contributed by atoms with Gasteiger partial charge in [0.15, 0.2) is 5.78 Å². The highest BCUT2D eigenvalue weighted by Gasteiger charge is 2.22. The van der Waals surface area contributed by atoms with Gasteiger partial charge in [0.1, 0.15) is 6.10 Å². The largest absolute Gasteiger partial charge is 0.469 e. The van der Waals surface area contributed by atoms with Crippen LogP contribution in [0.15, 0.2) is 18.3 Å². The number of hydrogen-bond acceptors (Lipinski definition) is 6. The molecule has 6 heteroatoms. The summed E-state index contributed by atoms with van der Waals surface area (Å²) in [6.45, 7) is 1.40. The molecule has 1 rings (SSSR count). The summed E-state index contributed by atoms with van der Waals surface area (Å²) in [7, 11) is 1.20. The molecule has 0 saturated carbocycles. The number of aromatic nitrogens is 1. The van der Waals surface area contributed by atoms with Crippen LogP contribution in [-0.4, -0.2) is 40.2 Å². The zero-order chi connectivity index (χ0) is 13.7. The first-order valence-electron chi connectivity index (χ1n) is 5.35. The number of Topliss-reactive ketones (excluding diaryl/α,β-unsaturated/α-hetero) is 1. The minimum Gasteiger partial charge on any atom is -0.469 e. The molecule has 0 aliphatic rings. The summed E-state index contributed by atoms with van der Waals surface area (Å²) < 4.78 is 4.38. The van der Waals surface area contributed by atoms with Crippen LogP contribution in [0.25, 0.3) is 0 Å². The molecule has 0 bridgehead atoms. The number of hydrogen-bond donors (Lipinski definition) is 2. The van der Waals surface area contributed by atoms with Crippen molar-refractivity contribution in [1.29, 1.82) is 0 Å². The van der Waals surface area contributed by atoms with E-state index in [-0.39, 0.29) is 17.9 Å². The summed E-state index contributed by atoms with van der Waals surface area (Å²) >= 11 is 0. The average molecular weight is 253 g/mol. The Morgan fingerprint density at radius 1 is 1.39 bits per heavy atom. The summed E-state index contributed by atoms with van der Waals surface area (Å²) in [6, 6.07) is 2.93. The number of esters is 1. The molecule has 18 heavy (non-hydrogen) atoms. The van der Waals surface area contributed by atoms with E-state index in [1.807, 2.05) is 0 Å². The SMILES string of the molecule is COC(=O)CC(O)C(O)c1ccc(C(C)=O)cn1. The Morgan fingerprint density at radius 3 is 2.50 bits per heavy atom. The smallest absolute Gasteiger partial charge is 0.308 e. The van der Waals surface area contributed by atoms with Gasteiger partial charge in [-0.25, -0.2) is 0 Å². The molecule has 2 atom stereocenters. The van der Waals surface area contributed by atoms with Crippen molar-refractivity contribution in [3.05, 3.63) is 29.6 Å². The minimum absolute atomic E-state index is 0.140. The van der Waals surface area contributed by atoms with Gasteiger partial charge in [0, 0.05) is 11.8 Å². The summed E-state index contributed by atoms with van der Waals surface area (Å²) in [6.07, 6.45) is -1.61. The fourth-order valence-corrected chi connectivity index (χ4v) is 1.35. The highest BCUT2D eigenvalue weighted by molar-refractivity contribution is 5.93. The van der Waals surface area contributed by atoms with Crippen LogP contribution in [0.2, 0.25) is 0 Å². The maximum atomic E-state index is 11.0. The first-order chi connectivity index (χ1) is 8.45. The van der Waals surface area contributed by atoms with Crippen molar-refractivity contribution in [2.45, 2.75) is 25.6 Å². The molecule has 0 spiro atoms. The molecule has 0 fully saturated rings. The second-order valence-corrected chi connectivity index (χ2v) is 3.82. The molecule has 0 aromatic carbocycles. The van der Waals surface area contributed by atoms with Crippen LogP contribution < -0.4 is 0 Å². The van der Waals surface area contributed by atoms with E-state index in [1.165, 1.54) is 32.4 Å². The molecule has 1 aromatic heterocycles. The average Bonchev–Trinajstić information content (AvgIpc) is 2.37. The van der Waals surface area contributed by atoms with Gasteiger partial charge in [0.25, 0.3) is 0 Å². The molecule has 1 aromatic rings. The highest BCUT2D eigenvalue weighted by Crippen LogP contribution is 2.17. The maximum absolute atomic E-state index is 11.0. The molecule has 0 saturated heterocycles. The number of nitrogens with zero attached hydrogens (tertiary/aromatic N) is 1. The Hall–Kier alpha value is -1.79. The molecule has 0 radical (unpaired) electrons. The molecule has 0 aliphatic carbocycles. The lowest BCUT2D eigenvalue weighted by molar-refractivity contribution is -0.144. The number of carbonyl (C=O) groups is 2. The van der Waals surface area contributed by atoms with E-state index in [4.69, 9.17) is 0 Å². The van der Waals surface area contributed by atoms with E-state index in [9.17, 15) is 19.8 Å².